The van der Waals surface area contributed by atoms with Gasteiger partial charge in [0.05, 0.1) is 17.7 Å². The van der Waals surface area contributed by atoms with E-state index < -0.39 is 5.97 Å². The maximum atomic E-state index is 11.9. The maximum absolute atomic E-state index is 11.9. The summed E-state index contributed by atoms with van der Waals surface area (Å²) in [5.74, 6) is -1.14. The van der Waals surface area contributed by atoms with Crippen LogP contribution >= 0.6 is 0 Å². The molecule has 4 heteroatoms. The first-order valence-corrected chi connectivity index (χ1v) is 5.97. The van der Waals surface area contributed by atoms with Crippen LogP contribution in [0, 0.1) is 0 Å². The number of hydrogen-bond donors (Lipinski definition) is 1. The fraction of sp³-hybridized carbons (Fsp3) is 0.286. The molecule has 0 saturated heterocycles. The second-order valence-electron chi connectivity index (χ2n) is 4.22. The van der Waals surface area contributed by atoms with Crippen LogP contribution in [0.3, 0.4) is 0 Å². The van der Waals surface area contributed by atoms with Crippen LogP contribution in [0.4, 0.5) is 0 Å². The first kappa shape index (κ1) is 12.4. The summed E-state index contributed by atoms with van der Waals surface area (Å²) in [5.41, 5.74) is 1.53. The van der Waals surface area contributed by atoms with Crippen molar-refractivity contribution >= 4 is 17.6 Å². The van der Waals surface area contributed by atoms with Crippen LogP contribution in [0.25, 0.3) is 5.70 Å². The SMILES string of the molecule is CCCN1C(=O)CC(C(=O)O)=C1c1ccccc1. The average Bonchev–Trinajstić information content (AvgIpc) is 2.69. The second kappa shape index (κ2) is 5.04. The Labute approximate surface area is 106 Å². The van der Waals surface area contributed by atoms with Gasteiger partial charge in [-0.2, -0.15) is 0 Å². The molecular weight excluding hydrogens is 230 g/mol. The highest BCUT2D eigenvalue weighted by Crippen LogP contribution is 2.32. The van der Waals surface area contributed by atoms with E-state index in [0.717, 1.165) is 12.0 Å². The topological polar surface area (TPSA) is 57.6 Å². The lowest BCUT2D eigenvalue weighted by atomic mass is 10.1. The largest absolute Gasteiger partial charge is 0.478 e. The number of carboxylic acid groups (broad SMARTS) is 1. The number of aliphatic carboxylic acids is 1. The summed E-state index contributed by atoms with van der Waals surface area (Å²) in [6, 6.07) is 9.22. The molecule has 1 heterocycles. The highest BCUT2D eigenvalue weighted by atomic mass is 16.4. The Kier molecular flexibility index (Phi) is 3.46. The molecule has 0 bridgehead atoms. The van der Waals surface area contributed by atoms with Gasteiger partial charge in [-0.25, -0.2) is 4.79 Å². The minimum absolute atomic E-state index is 0.0143. The Morgan fingerprint density at radius 2 is 2.00 bits per heavy atom. The molecule has 1 amide bonds. The van der Waals surface area contributed by atoms with Crippen LogP contribution in [-0.2, 0) is 9.59 Å². The fourth-order valence-electron chi connectivity index (χ4n) is 2.18. The number of rotatable bonds is 4. The first-order valence-electron chi connectivity index (χ1n) is 5.97. The summed E-state index contributed by atoms with van der Waals surface area (Å²) >= 11 is 0. The highest BCUT2D eigenvalue weighted by Gasteiger charge is 2.33. The van der Waals surface area contributed by atoms with Crippen LogP contribution in [-0.4, -0.2) is 28.4 Å². The molecule has 1 aromatic rings. The Morgan fingerprint density at radius 1 is 1.33 bits per heavy atom. The molecule has 1 aromatic carbocycles. The van der Waals surface area contributed by atoms with Gasteiger partial charge in [-0.3, -0.25) is 4.79 Å². The van der Waals surface area contributed by atoms with E-state index in [1.165, 1.54) is 0 Å². The fourth-order valence-corrected chi connectivity index (χ4v) is 2.18. The molecule has 1 aliphatic heterocycles. The molecular formula is C14H15NO3. The van der Waals surface area contributed by atoms with E-state index in [9.17, 15) is 14.7 Å². The summed E-state index contributed by atoms with van der Waals surface area (Å²) in [7, 11) is 0. The molecule has 4 nitrogen and oxygen atoms in total. The number of carbonyl (C=O) groups is 2. The monoisotopic (exact) mass is 245 g/mol. The molecule has 0 saturated carbocycles. The molecule has 2 rings (SSSR count). The van der Waals surface area contributed by atoms with Crippen LogP contribution in [0.1, 0.15) is 25.3 Å². The molecule has 0 unspecified atom stereocenters. The molecule has 0 spiro atoms. The Balaban J connectivity index is 2.50. The van der Waals surface area contributed by atoms with Gasteiger partial charge in [0, 0.05) is 6.54 Å². The third-order valence-electron chi connectivity index (χ3n) is 2.94. The molecule has 0 aromatic heterocycles. The van der Waals surface area contributed by atoms with Crippen LogP contribution in [0.5, 0.6) is 0 Å². The van der Waals surface area contributed by atoms with Crippen LogP contribution in [0.15, 0.2) is 35.9 Å². The van der Waals surface area contributed by atoms with Crippen molar-refractivity contribution in [2.45, 2.75) is 19.8 Å². The summed E-state index contributed by atoms with van der Waals surface area (Å²) in [4.78, 5) is 24.7. The van der Waals surface area contributed by atoms with Crippen molar-refractivity contribution < 1.29 is 14.7 Å². The lowest BCUT2D eigenvalue weighted by Gasteiger charge is -2.20. The standard InChI is InChI=1S/C14H15NO3/c1-2-8-15-12(16)9-11(14(17)18)13(15)10-6-4-3-5-7-10/h3-7H,2,8-9H2,1H3,(H,17,18). The molecule has 1 N–H and O–H groups in total. The number of amides is 1. The Bertz CT molecular complexity index is 505. The van der Waals surface area contributed by atoms with Gasteiger partial charge in [0.1, 0.15) is 0 Å². The van der Waals surface area contributed by atoms with Crippen LogP contribution in [0.2, 0.25) is 0 Å². The predicted molar refractivity (Wildman–Crippen MR) is 67.6 cm³/mol. The number of nitrogens with zero attached hydrogens (tertiary/aromatic N) is 1. The van der Waals surface area contributed by atoms with Crippen LogP contribution < -0.4 is 0 Å². The number of hydrogen-bond acceptors (Lipinski definition) is 2. The van der Waals surface area contributed by atoms with Crippen molar-refractivity contribution in [3.05, 3.63) is 41.5 Å². The van der Waals surface area contributed by atoms with Gasteiger partial charge in [0.2, 0.25) is 5.91 Å². The number of carbonyl (C=O) groups excluding carboxylic acids is 1. The predicted octanol–water partition coefficient (Wildman–Crippen LogP) is 2.12. The van der Waals surface area contributed by atoms with Gasteiger partial charge in [-0.15, -0.1) is 0 Å². The smallest absolute Gasteiger partial charge is 0.334 e. The normalized spacial score (nSPS) is 15.4. The van der Waals surface area contributed by atoms with E-state index in [-0.39, 0.29) is 17.9 Å². The molecule has 0 aliphatic carbocycles. The third-order valence-corrected chi connectivity index (χ3v) is 2.94. The van der Waals surface area contributed by atoms with Gasteiger partial charge in [0.25, 0.3) is 0 Å². The van der Waals surface area contributed by atoms with Crippen molar-refractivity contribution in [3.63, 3.8) is 0 Å². The maximum Gasteiger partial charge on any atom is 0.334 e. The quantitative estimate of drug-likeness (QED) is 0.884. The molecule has 0 fully saturated rings. The molecule has 94 valence electrons. The number of carboxylic acids is 1. The summed E-state index contributed by atoms with van der Waals surface area (Å²) < 4.78 is 0. The van der Waals surface area contributed by atoms with Crippen molar-refractivity contribution in [2.24, 2.45) is 0 Å². The third kappa shape index (κ3) is 2.14. The molecule has 18 heavy (non-hydrogen) atoms. The Morgan fingerprint density at radius 3 is 2.56 bits per heavy atom. The lowest BCUT2D eigenvalue weighted by molar-refractivity contribution is -0.134. The van der Waals surface area contributed by atoms with E-state index >= 15 is 0 Å². The van der Waals surface area contributed by atoms with Gasteiger partial charge in [0.15, 0.2) is 0 Å². The minimum Gasteiger partial charge on any atom is -0.478 e. The zero-order chi connectivity index (χ0) is 13.1. The lowest BCUT2D eigenvalue weighted by Crippen LogP contribution is -2.25. The zero-order valence-corrected chi connectivity index (χ0v) is 10.2. The average molecular weight is 245 g/mol. The van der Waals surface area contributed by atoms with Crippen molar-refractivity contribution in [1.82, 2.24) is 4.90 Å². The van der Waals surface area contributed by atoms with E-state index in [4.69, 9.17) is 0 Å². The second-order valence-corrected chi connectivity index (χ2v) is 4.22. The van der Waals surface area contributed by atoms with Gasteiger partial charge < -0.3 is 10.0 Å². The summed E-state index contributed by atoms with van der Waals surface area (Å²) in [6.45, 7) is 2.52. The number of benzene rings is 1. The van der Waals surface area contributed by atoms with E-state index in [1.807, 2.05) is 37.3 Å². The summed E-state index contributed by atoms with van der Waals surface area (Å²) in [5, 5.41) is 9.21. The van der Waals surface area contributed by atoms with E-state index in [1.54, 1.807) is 4.90 Å². The summed E-state index contributed by atoms with van der Waals surface area (Å²) in [6.07, 6.45) is 0.786. The zero-order valence-electron chi connectivity index (χ0n) is 10.2. The van der Waals surface area contributed by atoms with Gasteiger partial charge >= 0.3 is 5.97 Å². The van der Waals surface area contributed by atoms with Gasteiger partial charge in [-0.05, 0) is 12.0 Å². The van der Waals surface area contributed by atoms with E-state index in [0.29, 0.717) is 12.2 Å². The van der Waals surface area contributed by atoms with Gasteiger partial charge in [-0.1, -0.05) is 37.3 Å². The molecule has 1 aliphatic rings. The Hall–Kier alpha value is -2.10. The highest BCUT2D eigenvalue weighted by molar-refractivity contribution is 6.08. The van der Waals surface area contributed by atoms with Crippen molar-refractivity contribution in [3.8, 4) is 0 Å². The minimum atomic E-state index is -1.01. The van der Waals surface area contributed by atoms with Crippen molar-refractivity contribution in [1.29, 1.82) is 0 Å². The first-order chi connectivity index (χ1) is 8.65. The molecule has 0 radical (unpaired) electrons. The van der Waals surface area contributed by atoms with Crippen molar-refractivity contribution in [2.75, 3.05) is 6.54 Å². The molecule has 0 atom stereocenters. The van der Waals surface area contributed by atoms with E-state index in [2.05, 4.69) is 0 Å².